The van der Waals surface area contributed by atoms with Crippen molar-refractivity contribution >= 4 is 0 Å². The van der Waals surface area contributed by atoms with Gasteiger partial charge >= 0.3 is 0 Å². The van der Waals surface area contributed by atoms with Crippen LogP contribution in [0.15, 0.2) is 43.0 Å². The Balaban J connectivity index is 2.37. The van der Waals surface area contributed by atoms with Crippen LogP contribution in [-0.2, 0) is 6.42 Å². The number of allylic oxidation sites excluding steroid dienone is 1. The average molecular weight is 311 g/mol. The van der Waals surface area contributed by atoms with Crippen LogP contribution < -0.4 is 9.47 Å². The van der Waals surface area contributed by atoms with Gasteiger partial charge in [0.1, 0.15) is 18.1 Å². The molecule has 1 aromatic heterocycles. The minimum atomic E-state index is 0.622. The van der Waals surface area contributed by atoms with E-state index in [9.17, 15) is 0 Å². The molecule has 0 aliphatic rings. The number of methoxy groups -OCH3 is 1. The Kier molecular flexibility index (Phi) is 6.18. The van der Waals surface area contributed by atoms with Crippen molar-refractivity contribution in [1.82, 2.24) is 9.88 Å². The van der Waals surface area contributed by atoms with Gasteiger partial charge in [0.15, 0.2) is 0 Å². The second kappa shape index (κ2) is 8.34. The molecule has 0 fully saturated rings. The highest BCUT2D eigenvalue weighted by molar-refractivity contribution is 5.70. The molecule has 2 rings (SSSR count). The summed E-state index contributed by atoms with van der Waals surface area (Å²) in [5, 5.41) is 0. The third-order valence-corrected chi connectivity index (χ3v) is 3.43. The third kappa shape index (κ3) is 4.57. The fraction of sp³-hybridized carbons (Fsp3) is 0.316. The molecule has 0 spiro atoms. The maximum atomic E-state index is 5.94. The maximum absolute atomic E-state index is 5.94. The van der Waals surface area contributed by atoms with Gasteiger partial charge in [0, 0.05) is 18.2 Å². The van der Waals surface area contributed by atoms with E-state index in [1.54, 1.807) is 13.2 Å². The van der Waals surface area contributed by atoms with Gasteiger partial charge in [0.2, 0.25) is 0 Å². The van der Waals surface area contributed by atoms with Gasteiger partial charge < -0.3 is 14.4 Å². The lowest BCUT2D eigenvalue weighted by Gasteiger charge is -2.17. The van der Waals surface area contributed by atoms with Crippen molar-refractivity contribution in [2.75, 3.05) is 34.4 Å². The molecule has 1 heterocycles. The molecule has 0 saturated carbocycles. The summed E-state index contributed by atoms with van der Waals surface area (Å²) >= 11 is 0. The standard InChI is InChI=1S/C19H23N2O2/c1-5-8-15-13-16(17-9-6-7-10-20-17)19(22-4)14-18(15)23-12-11-21(2)3/h5-7,9,13-14H,1,8,11-12H2,2-4H3. The Hall–Kier alpha value is -2.33. The van der Waals surface area contributed by atoms with Crippen LogP contribution in [0.3, 0.4) is 0 Å². The Morgan fingerprint density at radius 2 is 2.13 bits per heavy atom. The average Bonchev–Trinajstić information content (AvgIpc) is 2.56. The van der Waals surface area contributed by atoms with Crippen molar-refractivity contribution in [2.24, 2.45) is 0 Å². The molecule has 23 heavy (non-hydrogen) atoms. The monoisotopic (exact) mass is 311 g/mol. The zero-order chi connectivity index (χ0) is 16.7. The Labute approximate surface area is 138 Å². The van der Waals surface area contributed by atoms with Crippen LogP contribution in [0.25, 0.3) is 11.3 Å². The number of likely N-dealkylation sites (N-methyl/N-ethyl adjacent to an activating group) is 1. The summed E-state index contributed by atoms with van der Waals surface area (Å²) in [6.07, 6.45) is 5.46. The van der Waals surface area contributed by atoms with Crippen molar-refractivity contribution < 1.29 is 9.47 Å². The summed E-state index contributed by atoms with van der Waals surface area (Å²) in [4.78, 5) is 6.38. The fourth-order valence-corrected chi connectivity index (χ4v) is 2.24. The molecule has 1 radical (unpaired) electrons. The number of pyridine rings is 1. The zero-order valence-corrected chi connectivity index (χ0v) is 14.0. The minimum Gasteiger partial charge on any atom is -0.496 e. The van der Waals surface area contributed by atoms with E-state index in [0.29, 0.717) is 6.61 Å². The molecule has 0 atom stereocenters. The van der Waals surface area contributed by atoms with Gasteiger partial charge in [-0.3, -0.25) is 0 Å². The molecular weight excluding hydrogens is 288 g/mol. The van der Waals surface area contributed by atoms with E-state index in [4.69, 9.17) is 9.47 Å². The summed E-state index contributed by atoms with van der Waals surface area (Å²) < 4.78 is 11.5. The van der Waals surface area contributed by atoms with Gasteiger partial charge in [0.05, 0.1) is 19.0 Å². The SMILES string of the molecule is C=CCc1cc(-c2ccc[c]n2)c(OC)cc1OCCN(C)C. The summed E-state index contributed by atoms with van der Waals surface area (Å²) in [5.74, 6) is 1.57. The molecular formula is C19H23N2O2. The largest absolute Gasteiger partial charge is 0.496 e. The first-order valence-corrected chi connectivity index (χ1v) is 7.58. The smallest absolute Gasteiger partial charge is 0.131 e. The lowest BCUT2D eigenvalue weighted by molar-refractivity contribution is 0.259. The van der Waals surface area contributed by atoms with Crippen LogP contribution >= 0.6 is 0 Å². The molecule has 121 valence electrons. The molecule has 0 aliphatic carbocycles. The zero-order valence-electron chi connectivity index (χ0n) is 14.0. The molecule has 0 saturated heterocycles. The minimum absolute atomic E-state index is 0.622. The van der Waals surface area contributed by atoms with Gasteiger partial charge in [-0.2, -0.15) is 0 Å². The highest BCUT2D eigenvalue weighted by Gasteiger charge is 2.13. The lowest BCUT2D eigenvalue weighted by Crippen LogP contribution is -2.19. The van der Waals surface area contributed by atoms with Crippen LogP contribution in [0.4, 0.5) is 0 Å². The molecule has 4 nitrogen and oxygen atoms in total. The number of ether oxygens (including phenoxy) is 2. The predicted octanol–water partition coefficient (Wildman–Crippen LogP) is 3.23. The topological polar surface area (TPSA) is 34.6 Å². The summed E-state index contributed by atoms with van der Waals surface area (Å²) in [5.41, 5.74) is 2.83. The molecule has 0 aliphatic heterocycles. The van der Waals surface area contributed by atoms with Crippen molar-refractivity contribution in [3.63, 3.8) is 0 Å². The molecule has 2 aromatic rings. The number of hydrogen-bond donors (Lipinski definition) is 0. The molecule has 4 heteroatoms. The fourth-order valence-electron chi connectivity index (χ4n) is 2.24. The first kappa shape index (κ1) is 17.0. The normalized spacial score (nSPS) is 10.6. The van der Waals surface area contributed by atoms with E-state index in [1.807, 2.05) is 38.4 Å². The first-order chi connectivity index (χ1) is 11.2. The number of nitrogens with zero attached hydrogens (tertiary/aromatic N) is 2. The van der Waals surface area contributed by atoms with Crippen molar-refractivity contribution in [1.29, 1.82) is 0 Å². The second-order valence-corrected chi connectivity index (χ2v) is 5.46. The maximum Gasteiger partial charge on any atom is 0.131 e. The van der Waals surface area contributed by atoms with E-state index >= 15 is 0 Å². The Morgan fingerprint density at radius 1 is 1.30 bits per heavy atom. The Bertz CT molecular complexity index is 639. The predicted molar refractivity (Wildman–Crippen MR) is 93.0 cm³/mol. The van der Waals surface area contributed by atoms with Crippen LogP contribution in [0, 0.1) is 6.20 Å². The molecule has 0 bridgehead atoms. The summed E-state index contributed by atoms with van der Waals surface area (Å²) in [6.45, 7) is 5.31. The second-order valence-electron chi connectivity index (χ2n) is 5.46. The molecule has 0 amide bonds. The van der Waals surface area contributed by atoms with Crippen molar-refractivity contribution in [3.8, 4) is 22.8 Å². The van der Waals surface area contributed by atoms with Crippen molar-refractivity contribution in [3.05, 3.63) is 54.7 Å². The van der Waals surface area contributed by atoms with E-state index in [0.717, 1.165) is 41.3 Å². The van der Waals surface area contributed by atoms with Crippen molar-refractivity contribution in [2.45, 2.75) is 6.42 Å². The number of aromatic nitrogens is 1. The van der Waals surface area contributed by atoms with E-state index < -0.39 is 0 Å². The van der Waals surface area contributed by atoms with Gasteiger partial charge in [-0.15, -0.1) is 6.58 Å². The van der Waals surface area contributed by atoms with Gasteiger partial charge in [-0.05, 0) is 44.3 Å². The van der Waals surface area contributed by atoms with Gasteiger partial charge in [0.25, 0.3) is 0 Å². The van der Waals surface area contributed by atoms with Crippen LogP contribution in [0.5, 0.6) is 11.5 Å². The Morgan fingerprint density at radius 3 is 2.74 bits per heavy atom. The third-order valence-electron chi connectivity index (χ3n) is 3.43. The first-order valence-electron chi connectivity index (χ1n) is 7.58. The highest BCUT2D eigenvalue weighted by atomic mass is 16.5. The number of hydrogen-bond acceptors (Lipinski definition) is 4. The van der Waals surface area contributed by atoms with Gasteiger partial charge in [-0.25, -0.2) is 4.98 Å². The molecule has 0 N–H and O–H groups in total. The summed E-state index contributed by atoms with van der Waals surface area (Å²) in [7, 11) is 5.70. The molecule has 0 unspecified atom stereocenters. The van der Waals surface area contributed by atoms with Crippen LogP contribution in [0.2, 0.25) is 0 Å². The quantitative estimate of drug-likeness (QED) is 0.701. The van der Waals surface area contributed by atoms with Gasteiger partial charge in [-0.1, -0.05) is 12.1 Å². The van der Waals surface area contributed by atoms with E-state index in [-0.39, 0.29) is 0 Å². The highest BCUT2D eigenvalue weighted by Crippen LogP contribution is 2.35. The number of benzene rings is 1. The lowest BCUT2D eigenvalue weighted by atomic mass is 10.0. The number of rotatable bonds is 8. The summed E-state index contributed by atoms with van der Waals surface area (Å²) in [6, 6.07) is 9.62. The van der Waals surface area contributed by atoms with Crippen LogP contribution in [-0.4, -0.2) is 44.2 Å². The van der Waals surface area contributed by atoms with E-state index in [2.05, 4.69) is 28.7 Å². The molecule has 1 aromatic carbocycles. The van der Waals surface area contributed by atoms with E-state index in [1.165, 1.54) is 0 Å². The van der Waals surface area contributed by atoms with Crippen LogP contribution in [0.1, 0.15) is 5.56 Å².